The van der Waals surface area contributed by atoms with Crippen LogP contribution in [0.5, 0.6) is 0 Å². The third-order valence-electron chi connectivity index (χ3n) is 3.40. The molecule has 1 aromatic carbocycles. The monoisotopic (exact) mass is 341 g/mol. The van der Waals surface area contributed by atoms with Crippen molar-refractivity contribution in [2.45, 2.75) is 38.7 Å². The molecule has 23 heavy (non-hydrogen) atoms. The number of amides is 1. The highest BCUT2D eigenvalue weighted by Crippen LogP contribution is 2.12. The molecule has 130 valence electrons. The number of hydrazine groups is 1. The molecule has 1 aromatic rings. The number of rotatable bonds is 11. The molecule has 8 heteroatoms. The van der Waals surface area contributed by atoms with Crippen molar-refractivity contribution in [2.75, 3.05) is 18.6 Å². The number of carbonyl (C=O) groups is 1. The van der Waals surface area contributed by atoms with Crippen molar-refractivity contribution in [3.63, 3.8) is 0 Å². The van der Waals surface area contributed by atoms with Gasteiger partial charge in [-0.05, 0) is 44.0 Å². The first-order valence-corrected chi connectivity index (χ1v) is 9.93. The number of unbranched alkanes of at least 4 members (excludes halogenated alkanes) is 3. The van der Waals surface area contributed by atoms with Crippen molar-refractivity contribution in [2.24, 2.45) is 5.84 Å². The van der Waals surface area contributed by atoms with Crippen molar-refractivity contribution in [3.8, 4) is 0 Å². The molecule has 0 heterocycles. The summed E-state index contributed by atoms with van der Waals surface area (Å²) in [6, 6.07) is 7.24. The van der Waals surface area contributed by atoms with Crippen LogP contribution < -0.4 is 16.6 Å². The van der Waals surface area contributed by atoms with E-state index >= 15 is 0 Å². The highest BCUT2D eigenvalue weighted by atomic mass is 28.4. The highest BCUT2D eigenvalue weighted by molar-refractivity contribution is 6.57. The van der Waals surface area contributed by atoms with Crippen molar-refractivity contribution >= 4 is 20.4 Å². The molecule has 0 aliphatic carbocycles. The van der Waals surface area contributed by atoms with E-state index < -0.39 is 8.80 Å². The number of carbonyl (C=O) groups excluding carboxylic acids is 1. The summed E-state index contributed by atoms with van der Waals surface area (Å²) in [5, 5.41) is 2.86. The molecule has 0 radical (unpaired) electrons. The van der Waals surface area contributed by atoms with Crippen molar-refractivity contribution in [1.82, 2.24) is 5.32 Å². The summed E-state index contributed by atoms with van der Waals surface area (Å²) < 4.78 is 4.93. The smallest absolute Gasteiger partial charge is 0.390 e. The molecule has 0 fully saturated rings. The van der Waals surface area contributed by atoms with Gasteiger partial charge in [0, 0.05) is 30.4 Å². The van der Waals surface area contributed by atoms with Gasteiger partial charge in [0.15, 0.2) is 0 Å². The minimum Gasteiger partial charge on any atom is -0.390 e. The maximum absolute atomic E-state index is 11.9. The van der Waals surface area contributed by atoms with E-state index in [9.17, 15) is 14.4 Å². The fourth-order valence-electron chi connectivity index (χ4n) is 2.16. The zero-order valence-electron chi connectivity index (χ0n) is 13.5. The van der Waals surface area contributed by atoms with Crippen LogP contribution in [0.1, 0.15) is 43.0 Å². The molecule has 0 bridgehead atoms. The molecule has 0 aliphatic rings. The van der Waals surface area contributed by atoms with Crippen molar-refractivity contribution in [3.05, 3.63) is 29.8 Å². The number of hydrogen-bond donors (Lipinski definition) is 5. The van der Waals surface area contributed by atoms with E-state index in [0.29, 0.717) is 24.8 Å². The molecular weight excluding hydrogens is 314 g/mol. The van der Waals surface area contributed by atoms with E-state index in [4.69, 9.17) is 10.3 Å². The first-order valence-electron chi connectivity index (χ1n) is 7.92. The average molecular weight is 341 g/mol. The van der Waals surface area contributed by atoms with Crippen LogP contribution in [-0.2, 0) is 4.43 Å². The molecule has 0 aliphatic heterocycles. The van der Waals surface area contributed by atoms with Crippen molar-refractivity contribution < 1.29 is 18.8 Å². The third-order valence-corrected chi connectivity index (χ3v) is 5.16. The lowest BCUT2D eigenvalue weighted by molar-refractivity contribution is 0.0953. The third kappa shape index (κ3) is 8.10. The Labute approximate surface area is 138 Å². The second kappa shape index (κ2) is 10.3. The van der Waals surface area contributed by atoms with E-state index in [-0.39, 0.29) is 5.91 Å². The molecule has 0 saturated heterocycles. The largest absolute Gasteiger partial charge is 0.495 e. The number of nitrogen functional groups attached to an aromatic ring is 1. The molecule has 1 amide bonds. The van der Waals surface area contributed by atoms with Crippen LogP contribution in [0.4, 0.5) is 5.69 Å². The fraction of sp³-hybridized carbons (Fsp3) is 0.533. The topological polar surface area (TPSA) is 117 Å². The standard InChI is InChI=1S/C15H27N3O4Si/c1-2-22-23(20,21)12-6-4-3-5-11-17-15(19)13-7-9-14(18-16)10-8-13/h7-10,18,20-21H,2-6,11-12,16H2,1H3,(H,17,19). The van der Waals surface area contributed by atoms with Gasteiger partial charge in [-0.3, -0.25) is 10.6 Å². The van der Waals surface area contributed by atoms with Crippen LogP contribution in [0.2, 0.25) is 6.04 Å². The zero-order chi connectivity index (χ0) is 17.1. The Bertz CT molecular complexity index is 468. The lowest BCUT2D eigenvalue weighted by atomic mass is 10.2. The Balaban J connectivity index is 2.11. The molecule has 0 unspecified atom stereocenters. The summed E-state index contributed by atoms with van der Waals surface area (Å²) in [7, 11) is -3.43. The van der Waals surface area contributed by atoms with E-state index in [0.717, 1.165) is 31.4 Å². The van der Waals surface area contributed by atoms with Gasteiger partial charge < -0.3 is 24.8 Å². The minimum absolute atomic E-state index is 0.109. The van der Waals surface area contributed by atoms with Crippen LogP contribution in [0, 0.1) is 0 Å². The Hall–Kier alpha value is -1.45. The van der Waals surface area contributed by atoms with Gasteiger partial charge in [-0.15, -0.1) is 0 Å². The van der Waals surface area contributed by atoms with Gasteiger partial charge in [0.1, 0.15) is 0 Å². The highest BCUT2D eigenvalue weighted by Gasteiger charge is 2.30. The second-order valence-corrected chi connectivity index (χ2v) is 7.59. The minimum atomic E-state index is -3.43. The maximum atomic E-state index is 11.9. The summed E-state index contributed by atoms with van der Waals surface area (Å²) in [4.78, 5) is 31.0. The van der Waals surface area contributed by atoms with Crippen LogP contribution in [0.15, 0.2) is 24.3 Å². The SMILES string of the molecule is CCO[Si](O)(O)CCCCCCNC(=O)c1ccc(NN)cc1. The number of hydrogen-bond acceptors (Lipinski definition) is 6. The summed E-state index contributed by atoms with van der Waals surface area (Å²) in [5.74, 6) is 5.16. The van der Waals surface area contributed by atoms with E-state index in [1.807, 2.05) is 0 Å². The van der Waals surface area contributed by atoms with Gasteiger partial charge >= 0.3 is 8.80 Å². The number of benzene rings is 1. The fourth-order valence-corrected chi connectivity index (χ4v) is 3.48. The molecule has 0 saturated carbocycles. The Kier molecular flexibility index (Phi) is 8.81. The van der Waals surface area contributed by atoms with E-state index in [1.165, 1.54) is 0 Å². The number of nitrogens with one attached hydrogen (secondary N) is 2. The van der Waals surface area contributed by atoms with E-state index in [2.05, 4.69) is 10.7 Å². The van der Waals surface area contributed by atoms with Crippen molar-refractivity contribution in [1.29, 1.82) is 0 Å². The van der Waals surface area contributed by atoms with Crippen LogP contribution in [-0.4, -0.2) is 37.5 Å². The van der Waals surface area contributed by atoms with Gasteiger partial charge in [-0.2, -0.15) is 0 Å². The van der Waals surface area contributed by atoms with Crippen LogP contribution in [0.3, 0.4) is 0 Å². The molecule has 7 nitrogen and oxygen atoms in total. The van der Waals surface area contributed by atoms with Gasteiger partial charge in [-0.1, -0.05) is 12.8 Å². The molecule has 0 atom stereocenters. The van der Waals surface area contributed by atoms with Gasteiger partial charge in [0.25, 0.3) is 5.91 Å². The van der Waals surface area contributed by atoms with Gasteiger partial charge in [-0.25, -0.2) is 0 Å². The first kappa shape index (κ1) is 19.6. The summed E-state index contributed by atoms with van der Waals surface area (Å²) in [6.07, 6.45) is 3.39. The summed E-state index contributed by atoms with van der Waals surface area (Å²) >= 11 is 0. The Morgan fingerprint density at radius 2 is 1.83 bits per heavy atom. The van der Waals surface area contributed by atoms with E-state index in [1.54, 1.807) is 31.2 Å². The molecule has 0 aromatic heterocycles. The molecule has 6 N–H and O–H groups in total. The number of anilines is 1. The van der Waals surface area contributed by atoms with Crippen LogP contribution in [0.25, 0.3) is 0 Å². The second-order valence-electron chi connectivity index (χ2n) is 5.32. The molecule has 1 rings (SSSR count). The molecular formula is C15H27N3O4Si. The Morgan fingerprint density at radius 3 is 2.43 bits per heavy atom. The summed E-state index contributed by atoms with van der Waals surface area (Å²) in [6.45, 7) is 2.67. The predicted octanol–water partition coefficient (Wildman–Crippen LogP) is 1.22. The normalized spacial score (nSPS) is 11.3. The summed E-state index contributed by atoms with van der Waals surface area (Å²) in [5.41, 5.74) is 3.86. The number of nitrogens with two attached hydrogens (primary N) is 1. The lowest BCUT2D eigenvalue weighted by Crippen LogP contribution is -2.38. The average Bonchev–Trinajstić information content (AvgIpc) is 2.53. The predicted molar refractivity (Wildman–Crippen MR) is 91.7 cm³/mol. The first-order chi connectivity index (χ1) is 11.0. The maximum Gasteiger partial charge on any atom is 0.495 e. The molecule has 0 spiro atoms. The Morgan fingerprint density at radius 1 is 1.17 bits per heavy atom. The lowest BCUT2D eigenvalue weighted by Gasteiger charge is -2.16. The van der Waals surface area contributed by atoms with Crippen LogP contribution >= 0.6 is 0 Å². The zero-order valence-corrected chi connectivity index (χ0v) is 14.5. The van der Waals surface area contributed by atoms with Gasteiger partial charge in [0.2, 0.25) is 0 Å². The van der Waals surface area contributed by atoms with Gasteiger partial charge in [0.05, 0.1) is 0 Å². The quantitative estimate of drug-likeness (QED) is 0.179.